The SMILES string of the molecule is O=C1C[C@H](c2ccco2)Cc2[nH]c(=O)c(C(=O)N3CCOCC3)cc21. The zero-order valence-electron chi connectivity index (χ0n) is 13.6. The number of carbonyl (C=O) groups is 2. The van der Waals surface area contributed by atoms with Gasteiger partial charge in [-0.3, -0.25) is 14.4 Å². The van der Waals surface area contributed by atoms with Crippen LogP contribution in [0.2, 0.25) is 0 Å². The van der Waals surface area contributed by atoms with Crippen LogP contribution in [0.1, 0.15) is 44.5 Å². The van der Waals surface area contributed by atoms with Crippen molar-refractivity contribution in [3.05, 3.63) is 57.4 Å². The number of Topliss-reactive ketones (excluding diaryl/α,β-unsaturated/α-hetero) is 1. The van der Waals surface area contributed by atoms with Gasteiger partial charge in [0.15, 0.2) is 5.78 Å². The van der Waals surface area contributed by atoms with E-state index in [9.17, 15) is 14.4 Å². The van der Waals surface area contributed by atoms with Gasteiger partial charge in [0.2, 0.25) is 0 Å². The molecule has 0 aromatic carbocycles. The first-order chi connectivity index (χ1) is 12.1. The lowest BCUT2D eigenvalue weighted by Gasteiger charge is -2.27. The van der Waals surface area contributed by atoms with E-state index >= 15 is 0 Å². The number of aromatic amines is 1. The van der Waals surface area contributed by atoms with Gasteiger partial charge < -0.3 is 19.0 Å². The first-order valence-electron chi connectivity index (χ1n) is 8.33. The van der Waals surface area contributed by atoms with E-state index in [-0.39, 0.29) is 23.2 Å². The molecule has 7 heteroatoms. The molecule has 1 aliphatic heterocycles. The lowest BCUT2D eigenvalue weighted by molar-refractivity contribution is 0.0301. The number of ether oxygens (including phenoxy) is 1. The number of hydrogen-bond acceptors (Lipinski definition) is 5. The summed E-state index contributed by atoms with van der Waals surface area (Å²) in [5.74, 6) is 0.197. The van der Waals surface area contributed by atoms with Crippen molar-refractivity contribution in [2.24, 2.45) is 0 Å². The number of hydrogen-bond donors (Lipinski definition) is 1. The van der Waals surface area contributed by atoms with Gasteiger partial charge in [-0.25, -0.2) is 0 Å². The molecule has 4 rings (SSSR count). The zero-order valence-corrected chi connectivity index (χ0v) is 13.6. The fourth-order valence-electron chi connectivity index (χ4n) is 3.45. The Hall–Kier alpha value is -2.67. The maximum absolute atomic E-state index is 12.6. The van der Waals surface area contributed by atoms with Crippen LogP contribution in [0.15, 0.2) is 33.7 Å². The molecule has 1 fully saturated rings. The van der Waals surface area contributed by atoms with E-state index < -0.39 is 5.56 Å². The molecule has 7 nitrogen and oxygen atoms in total. The van der Waals surface area contributed by atoms with E-state index in [0.29, 0.717) is 50.4 Å². The Labute approximate surface area is 143 Å². The van der Waals surface area contributed by atoms with Crippen LogP contribution in [0.3, 0.4) is 0 Å². The Kier molecular flexibility index (Phi) is 4.01. The normalized spacial score (nSPS) is 20.4. The highest BCUT2D eigenvalue weighted by Gasteiger charge is 2.31. The molecule has 25 heavy (non-hydrogen) atoms. The van der Waals surface area contributed by atoms with E-state index in [2.05, 4.69) is 4.98 Å². The first-order valence-corrected chi connectivity index (χ1v) is 8.33. The summed E-state index contributed by atoms with van der Waals surface area (Å²) in [5, 5.41) is 0. The van der Waals surface area contributed by atoms with Crippen molar-refractivity contribution >= 4 is 11.7 Å². The number of nitrogens with one attached hydrogen (secondary N) is 1. The third-order valence-corrected chi connectivity index (χ3v) is 4.78. The smallest absolute Gasteiger partial charge is 0.261 e. The molecule has 1 aliphatic carbocycles. The summed E-state index contributed by atoms with van der Waals surface area (Å²) in [7, 11) is 0. The number of amides is 1. The van der Waals surface area contributed by atoms with Crippen molar-refractivity contribution < 1.29 is 18.7 Å². The maximum atomic E-state index is 12.6. The van der Waals surface area contributed by atoms with Crippen LogP contribution >= 0.6 is 0 Å². The number of nitrogens with zero attached hydrogens (tertiary/aromatic N) is 1. The van der Waals surface area contributed by atoms with Crippen LogP contribution in [0.5, 0.6) is 0 Å². The number of morpholine rings is 1. The average molecular weight is 342 g/mol. The number of aromatic nitrogens is 1. The molecule has 0 saturated carbocycles. The molecule has 1 saturated heterocycles. The standard InChI is InChI=1S/C18H18N2O5/c21-15-9-11(16-2-1-5-25-16)8-14-12(15)10-13(17(22)19-14)18(23)20-3-6-24-7-4-20/h1-2,5,10-11H,3-4,6-9H2,(H,19,22)/t11-/m1/s1. The minimum atomic E-state index is -0.455. The Balaban J connectivity index is 1.66. The van der Waals surface area contributed by atoms with Gasteiger partial charge >= 0.3 is 0 Å². The molecule has 2 aromatic rings. The number of rotatable bonds is 2. The molecular formula is C18H18N2O5. The van der Waals surface area contributed by atoms with E-state index in [0.717, 1.165) is 5.76 Å². The average Bonchev–Trinajstić information content (AvgIpc) is 3.16. The topological polar surface area (TPSA) is 92.6 Å². The minimum absolute atomic E-state index is 0.0189. The highest BCUT2D eigenvalue weighted by molar-refractivity contribution is 6.02. The van der Waals surface area contributed by atoms with Gasteiger partial charge in [0.25, 0.3) is 11.5 Å². The lowest BCUT2D eigenvalue weighted by atomic mass is 9.84. The van der Waals surface area contributed by atoms with Gasteiger partial charge in [-0.1, -0.05) is 0 Å². The highest BCUT2D eigenvalue weighted by Crippen LogP contribution is 2.31. The molecule has 130 valence electrons. The van der Waals surface area contributed by atoms with Crippen molar-refractivity contribution in [3.63, 3.8) is 0 Å². The molecule has 2 aromatic heterocycles. The van der Waals surface area contributed by atoms with Gasteiger partial charge in [0.1, 0.15) is 11.3 Å². The minimum Gasteiger partial charge on any atom is -0.469 e. The number of ketones is 1. The Morgan fingerprint density at radius 3 is 2.72 bits per heavy atom. The quantitative estimate of drug-likeness (QED) is 0.889. The van der Waals surface area contributed by atoms with Crippen molar-refractivity contribution in [2.75, 3.05) is 26.3 Å². The zero-order chi connectivity index (χ0) is 17.4. The summed E-state index contributed by atoms with van der Waals surface area (Å²) in [6, 6.07) is 5.06. The molecule has 2 aliphatic rings. The number of carbonyl (C=O) groups excluding carboxylic acids is 2. The van der Waals surface area contributed by atoms with Crippen molar-refractivity contribution in [1.29, 1.82) is 0 Å². The lowest BCUT2D eigenvalue weighted by Crippen LogP contribution is -2.43. The molecule has 3 heterocycles. The fraction of sp³-hybridized carbons (Fsp3) is 0.389. The highest BCUT2D eigenvalue weighted by atomic mass is 16.5. The molecule has 1 N–H and O–H groups in total. The third-order valence-electron chi connectivity index (χ3n) is 4.78. The van der Waals surface area contributed by atoms with E-state index in [1.807, 2.05) is 6.07 Å². The summed E-state index contributed by atoms with van der Waals surface area (Å²) in [5.41, 5.74) is 0.564. The van der Waals surface area contributed by atoms with E-state index in [1.165, 1.54) is 6.07 Å². The molecule has 1 atom stereocenters. The second-order valence-corrected chi connectivity index (χ2v) is 6.35. The second kappa shape index (κ2) is 6.33. The van der Waals surface area contributed by atoms with Crippen molar-refractivity contribution in [2.45, 2.75) is 18.8 Å². The molecule has 0 unspecified atom stereocenters. The van der Waals surface area contributed by atoms with Gasteiger partial charge in [0, 0.05) is 36.7 Å². The van der Waals surface area contributed by atoms with Crippen LogP contribution in [-0.4, -0.2) is 47.9 Å². The van der Waals surface area contributed by atoms with Gasteiger partial charge in [-0.15, -0.1) is 0 Å². The first kappa shape index (κ1) is 15.8. The van der Waals surface area contributed by atoms with Crippen molar-refractivity contribution in [1.82, 2.24) is 9.88 Å². The summed E-state index contributed by atoms with van der Waals surface area (Å²) in [6.07, 6.45) is 2.38. The van der Waals surface area contributed by atoms with E-state index in [4.69, 9.17) is 9.15 Å². The maximum Gasteiger partial charge on any atom is 0.261 e. The third kappa shape index (κ3) is 2.91. The Bertz CT molecular complexity index is 862. The molecule has 1 amide bonds. The molecule has 0 radical (unpaired) electrons. The monoisotopic (exact) mass is 342 g/mol. The number of furan rings is 1. The molecule has 0 spiro atoms. The van der Waals surface area contributed by atoms with Crippen LogP contribution < -0.4 is 5.56 Å². The van der Waals surface area contributed by atoms with E-state index in [1.54, 1.807) is 17.2 Å². The molecule has 0 bridgehead atoms. The van der Waals surface area contributed by atoms with Gasteiger partial charge in [-0.2, -0.15) is 0 Å². The fourth-order valence-corrected chi connectivity index (χ4v) is 3.45. The Morgan fingerprint density at radius 2 is 2.00 bits per heavy atom. The van der Waals surface area contributed by atoms with Gasteiger partial charge in [-0.05, 0) is 24.6 Å². The summed E-state index contributed by atoms with van der Waals surface area (Å²) in [4.78, 5) is 41.9. The van der Waals surface area contributed by atoms with Crippen LogP contribution in [0, 0.1) is 0 Å². The van der Waals surface area contributed by atoms with Crippen LogP contribution in [-0.2, 0) is 11.2 Å². The predicted molar refractivity (Wildman–Crippen MR) is 87.9 cm³/mol. The second-order valence-electron chi connectivity index (χ2n) is 6.35. The van der Waals surface area contributed by atoms with Crippen LogP contribution in [0.25, 0.3) is 0 Å². The summed E-state index contributed by atoms with van der Waals surface area (Å²) >= 11 is 0. The van der Waals surface area contributed by atoms with Crippen LogP contribution in [0.4, 0.5) is 0 Å². The Morgan fingerprint density at radius 1 is 1.20 bits per heavy atom. The summed E-state index contributed by atoms with van der Waals surface area (Å²) in [6.45, 7) is 1.81. The molecular weight excluding hydrogens is 324 g/mol. The summed E-state index contributed by atoms with van der Waals surface area (Å²) < 4.78 is 10.6. The van der Waals surface area contributed by atoms with Gasteiger partial charge in [0.05, 0.1) is 19.5 Å². The number of H-pyrrole nitrogens is 1. The number of pyridine rings is 1. The largest absolute Gasteiger partial charge is 0.469 e. The predicted octanol–water partition coefficient (Wildman–Crippen LogP) is 1.35. The number of fused-ring (bicyclic) bond motifs is 1. The van der Waals surface area contributed by atoms with Crippen molar-refractivity contribution in [3.8, 4) is 0 Å².